The maximum atomic E-state index is 13.3. The van der Waals surface area contributed by atoms with E-state index in [1.807, 2.05) is 13.0 Å². The standard InChI is InChI=1S/C40H45Cl2N7O9/c1-24(55-2)37-26(21-44-35-20-34(42)47-49(35)37)19-29(51)18-25-17-27(41)22-45-39(25)58-12-4-5-28(50)10-13-56-15-16-57-14-11-43-32-7-3-6-30-31(32)23-48(40(30)54)33-8-9-36(52)46-38(33)53/h3,6-7,17,20-22,24,33,43H,4-5,8-16,18-19,23H2,1-2H3,(H,46,52,53)/t24-,33?/m0/s1. The molecule has 5 heterocycles. The van der Waals surface area contributed by atoms with Crippen LogP contribution in [-0.4, -0.2) is 107 Å². The predicted molar refractivity (Wildman–Crippen MR) is 212 cm³/mol. The van der Waals surface area contributed by atoms with E-state index in [1.54, 1.807) is 42.1 Å². The summed E-state index contributed by atoms with van der Waals surface area (Å²) in [6.45, 7) is 4.17. The first-order valence-corrected chi connectivity index (χ1v) is 19.8. The lowest BCUT2D eigenvalue weighted by molar-refractivity contribution is -0.137. The highest BCUT2D eigenvalue weighted by Gasteiger charge is 2.39. The number of halogens is 2. The van der Waals surface area contributed by atoms with Crippen molar-refractivity contribution in [2.75, 3.05) is 52.0 Å². The quantitative estimate of drug-likeness (QED) is 0.0831. The molecule has 4 aromatic rings. The number of imide groups is 1. The number of rotatable bonds is 22. The Balaban J connectivity index is 0.849. The van der Waals surface area contributed by atoms with Gasteiger partial charge in [0.05, 0.1) is 49.9 Å². The minimum atomic E-state index is -0.670. The molecule has 16 nitrogen and oxygen atoms in total. The SMILES string of the molecule is CO[C@@H](C)c1c(CC(=O)Cc2cc(Cl)cnc2OCCCC(=O)CCOCCOCCNc2cccc3c2CN(C2CCC(=O)NC2=O)C3=O)cnc2cc(Cl)nn12. The number of piperidine rings is 1. The van der Waals surface area contributed by atoms with E-state index in [4.69, 9.17) is 42.1 Å². The number of methoxy groups -OCH3 is 1. The lowest BCUT2D eigenvalue weighted by Gasteiger charge is -2.29. The lowest BCUT2D eigenvalue weighted by Crippen LogP contribution is -2.52. The van der Waals surface area contributed by atoms with Gasteiger partial charge in [-0.1, -0.05) is 29.3 Å². The van der Waals surface area contributed by atoms with Crippen molar-refractivity contribution in [3.8, 4) is 5.88 Å². The number of amides is 3. The second kappa shape index (κ2) is 20.1. The first-order chi connectivity index (χ1) is 28.0. The lowest BCUT2D eigenvalue weighted by atomic mass is 10.0. The fourth-order valence-electron chi connectivity index (χ4n) is 6.93. The van der Waals surface area contributed by atoms with Gasteiger partial charge >= 0.3 is 0 Å². The van der Waals surface area contributed by atoms with Gasteiger partial charge in [-0.3, -0.25) is 29.3 Å². The van der Waals surface area contributed by atoms with Crippen molar-refractivity contribution in [3.05, 3.63) is 80.8 Å². The van der Waals surface area contributed by atoms with Crippen LogP contribution in [0.3, 0.4) is 0 Å². The third-order valence-corrected chi connectivity index (χ3v) is 10.2. The summed E-state index contributed by atoms with van der Waals surface area (Å²) in [6, 6.07) is 8.02. The number of hydrogen-bond acceptors (Lipinski definition) is 13. The number of carbonyl (C=O) groups excluding carboxylic acids is 5. The predicted octanol–water partition coefficient (Wildman–Crippen LogP) is 4.52. The number of hydrogen-bond donors (Lipinski definition) is 2. The number of anilines is 1. The number of benzene rings is 1. The van der Waals surface area contributed by atoms with E-state index < -0.39 is 11.9 Å². The number of fused-ring (bicyclic) bond motifs is 2. The van der Waals surface area contributed by atoms with Crippen LogP contribution in [0, 0.1) is 0 Å². The average Bonchev–Trinajstić information content (AvgIpc) is 3.74. The molecule has 2 aliphatic heterocycles. The average molecular weight is 839 g/mol. The molecule has 1 unspecified atom stereocenters. The van der Waals surface area contributed by atoms with Gasteiger partial charge in [-0.25, -0.2) is 14.5 Å². The summed E-state index contributed by atoms with van der Waals surface area (Å²) >= 11 is 12.3. The summed E-state index contributed by atoms with van der Waals surface area (Å²) in [5.41, 5.74) is 4.55. The molecular weight excluding hydrogens is 793 g/mol. The summed E-state index contributed by atoms with van der Waals surface area (Å²) in [7, 11) is 1.57. The Morgan fingerprint density at radius 2 is 1.76 bits per heavy atom. The van der Waals surface area contributed by atoms with Crippen LogP contribution in [0.15, 0.2) is 42.7 Å². The minimum absolute atomic E-state index is 0.0160. The van der Waals surface area contributed by atoms with Crippen molar-refractivity contribution < 1.29 is 42.9 Å². The third-order valence-electron chi connectivity index (χ3n) is 9.86. The van der Waals surface area contributed by atoms with Crippen LogP contribution in [-0.2, 0) is 52.8 Å². The van der Waals surface area contributed by atoms with Gasteiger partial charge in [0.15, 0.2) is 10.8 Å². The zero-order chi connectivity index (χ0) is 41.2. The molecule has 308 valence electrons. The highest BCUT2D eigenvalue weighted by Crippen LogP contribution is 2.32. The van der Waals surface area contributed by atoms with Crippen molar-refractivity contribution >= 4 is 63.8 Å². The van der Waals surface area contributed by atoms with E-state index in [-0.39, 0.29) is 86.0 Å². The van der Waals surface area contributed by atoms with Crippen molar-refractivity contribution in [2.45, 2.75) is 70.6 Å². The summed E-state index contributed by atoms with van der Waals surface area (Å²) in [4.78, 5) is 72.9. The van der Waals surface area contributed by atoms with Gasteiger partial charge in [-0.2, -0.15) is 5.10 Å². The highest BCUT2D eigenvalue weighted by molar-refractivity contribution is 6.30. The van der Waals surface area contributed by atoms with Crippen molar-refractivity contribution in [2.24, 2.45) is 0 Å². The highest BCUT2D eigenvalue weighted by atomic mass is 35.5. The van der Waals surface area contributed by atoms with Crippen LogP contribution in [0.25, 0.3) is 5.65 Å². The van der Waals surface area contributed by atoms with Gasteiger partial charge in [0.25, 0.3) is 5.91 Å². The molecule has 3 aromatic heterocycles. The zero-order valence-corrected chi connectivity index (χ0v) is 33.8. The molecule has 0 radical (unpaired) electrons. The van der Waals surface area contributed by atoms with Gasteiger partial charge in [-0.05, 0) is 38.0 Å². The van der Waals surface area contributed by atoms with Crippen LogP contribution in [0.1, 0.15) is 77.9 Å². The molecule has 3 amide bonds. The van der Waals surface area contributed by atoms with Gasteiger partial charge in [-0.15, -0.1) is 0 Å². The summed E-state index contributed by atoms with van der Waals surface area (Å²) in [5, 5.41) is 10.6. The summed E-state index contributed by atoms with van der Waals surface area (Å²) in [5.74, 6) is -0.801. The van der Waals surface area contributed by atoms with E-state index >= 15 is 0 Å². The van der Waals surface area contributed by atoms with E-state index in [1.165, 1.54) is 11.1 Å². The van der Waals surface area contributed by atoms with E-state index in [0.29, 0.717) is 78.7 Å². The molecule has 2 aliphatic rings. The van der Waals surface area contributed by atoms with Gasteiger partial charge in [0.2, 0.25) is 17.7 Å². The second-order valence-corrected chi connectivity index (χ2v) is 14.7. The summed E-state index contributed by atoms with van der Waals surface area (Å²) < 4.78 is 24.3. The smallest absolute Gasteiger partial charge is 0.255 e. The molecule has 0 spiro atoms. The largest absolute Gasteiger partial charge is 0.477 e. The molecular formula is C40H45Cl2N7O9. The maximum absolute atomic E-state index is 13.3. The molecule has 0 bridgehead atoms. The molecule has 0 saturated carbocycles. The normalized spacial score (nSPS) is 15.8. The number of carbonyl (C=O) groups is 5. The van der Waals surface area contributed by atoms with E-state index in [2.05, 4.69) is 25.7 Å². The molecule has 1 fully saturated rings. The maximum Gasteiger partial charge on any atom is 0.255 e. The second-order valence-electron chi connectivity index (χ2n) is 13.9. The third kappa shape index (κ3) is 10.7. The number of pyridine rings is 1. The van der Waals surface area contributed by atoms with Gasteiger partial charge in [0.1, 0.15) is 17.6 Å². The number of ether oxygens (including phenoxy) is 4. The number of ketones is 2. The van der Waals surface area contributed by atoms with Crippen molar-refractivity contribution in [1.82, 2.24) is 29.8 Å². The molecule has 18 heteroatoms. The van der Waals surface area contributed by atoms with Crippen molar-refractivity contribution in [3.63, 3.8) is 0 Å². The van der Waals surface area contributed by atoms with Crippen molar-refractivity contribution in [1.29, 1.82) is 0 Å². The Kier molecular flexibility index (Phi) is 14.8. The van der Waals surface area contributed by atoms with Gasteiger partial charge < -0.3 is 29.2 Å². The van der Waals surface area contributed by atoms with E-state index in [0.717, 1.165) is 11.3 Å². The Hall–Kier alpha value is -5.00. The Morgan fingerprint density at radius 3 is 2.55 bits per heavy atom. The van der Waals surface area contributed by atoms with Gasteiger partial charge in [0, 0.05) is 98.7 Å². The van der Waals surface area contributed by atoms with Crippen LogP contribution >= 0.6 is 23.2 Å². The first-order valence-electron chi connectivity index (χ1n) is 19.0. The molecule has 1 saturated heterocycles. The molecule has 58 heavy (non-hydrogen) atoms. The monoisotopic (exact) mass is 837 g/mol. The number of nitrogens with one attached hydrogen (secondary N) is 2. The van der Waals surface area contributed by atoms with Crippen LogP contribution in [0.5, 0.6) is 5.88 Å². The van der Waals surface area contributed by atoms with Crippen LogP contribution < -0.4 is 15.4 Å². The Morgan fingerprint density at radius 1 is 0.966 bits per heavy atom. The fraction of sp³-hybridized carbons (Fsp3) is 0.450. The Bertz CT molecular complexity index is 2160. The summed E-state index contributed by atoms with van der Waals surface area (Å²) in [6.07, 6.45) is 4.29. The van der Waals surface area contributed by atoms with Crippen LogP contribution in [0.2, 0.25) is 10.2 Å². The topological polar surface area (TPSA) is 193 Å². The molecule has 2 N–H and O–H groups in total. The zero-order valence-electron chi connectivity index (χ0n) is 32.3. The molecule has 2 atom stereocenters. The molecule has 1 aromatic carbocycles. The number of aromatic nitrogens is 4. The fourth-order valence-corrected chi connectivity index (χ4v) is 7.29. The minimum Gasteiger partial charge on any atom is -0.477 e. The first kappa shape index (κ1) is 42.6. The van der Waals surface area contributed by atoms with Crippen LogP contribution in [0.4, 0.5) is 5.69 Å². The number of Topliss-reactive ketones (excluding diaryl/α,β-unsaturated/α-hetero) is 2. The molecule has 0 aliphatic carbocycles. The number of nitrogens with zero attached hydrogens (tertiary/aromatic N) is 5. The molecule has 6 rings (SSSR count). The van der Waals surface area contributed by atoms with E-state index in [9.17, 15) is 24.0 Å². The Labute approximate surface area is 344 Å².